The van der Waals surface area contributed by atoms with Crippen LogP contribution in [0.25, 0.3) is 11.3 Å². The Labute approximate surface area is 205 Å². The first kappa shape index (κ1) is 21.8. The maximum absolute atomic E-state index is 13.0. The summed E-state index contributed by atoms with van der Waals surface area (Å²) in [6.07, 6.45) is 8.05. The summed E-state index contributed by atoms with van der Waals surface area (Å²) in [4.78, 5) is 20.9. The summed E-state index contributed by atoms with van der Waals surface area (Å²) in [6.45, 7) is 3.68. The van der Waals surface area contributed by atoms with E-state index in [-0.39, 0.29) is 11.9 Å². The highest BCUT2D eigenvalue weighted by Crippen LogP contribution is 2.51. The van der Waals surface area contributed by atoms with Crippen LogP contribution in [0.5, 0.6) is 5.75 Å². The molecule has 1 aliphatic carbocycles. The van der Waals surface area contributed by atoms with Gasteiger partial charge in [-0.3, -0.25) is 9.78 Å². The average molecular weight is 468 g/mol. The lowest BCUT2D eigenvalue weighted by Crippen LogP contribution is -2.31. The zero-order valence-electron chi connectivity index (χ0n) is 20.0. The summed E-state index contributed by atoms with van der Waals surface area (Å²) in [7, 11) is 1.66. The van der Waals surface area contributed by atoms with Gasteiger partial charge in [0.2, 0.25) is 0 Å². The van der Waals surface area contributed by atoms with Crippen LogP contribution in [0, 0.1) is 24.2 Å². The summed E-state index contributed by atoms with van der Waals surface area (Å²) < 4.78 is 5.67. The van der Waals surface area contributed by atoms with Crippen LogP contribution in [-0.4, -0.2) is 42.1 Å². The first-order chi connectivity index (χ1) is 17.1. The van der Waals surface area contributed by atoms with Gasteiger partial charge in [-0.25, -0.2) is 0 Å². The molecule has 1 atom stereocenters. The number of hydrogen-bond donors (Lipinski definition) is 4. The van der Waals surface area contributed by atoms with E-state index in [2.05, 4.69) is 37.8 Å². The topological polar surface area (TPSA) is 91.1 Å². The van der Waals surface area contributed by atoms with Crippen molar-refractivity contribution >= 4 is 17.3 Å². The van der Waals surface area contributed by atoms with Gasteiger partial charge in [0.05, 0.1) is 41.3 Å². The summed E-state index contributed by atoms with van der Waals surface area (Å²) in [5.41, 5.74) is 7.19. The lowest BCUT2D eigenvalue weighted by atomic mass is 10.0. The maximum Gasteiger partial charge on any atom is 0.255 e. The number of anilines is 2. The van der Waals surface area contributed by atoms with E-state index in [1.807, 2.05) is 31.2 Å². The number of aryl methyl sites for hydroxylation is 1. The second-order valence-electron chi connectivity index (χ2n) is 9.84. The number of methoxy groups -OCH3 is 1. The van der Waals surface area contributed by atoms with E-state index < -0.39 is 0 Å². The van der Waals surface area contributed by atoms with Crippen molar-refractivity contribution in [2.75, 3.05) is 25.5 Å². The number of fused-ring (bicyclic) bond motifs is 1. The molecule has 2 aromatic heterocycles. The number of aromatic amines is 1. The molecule has 1 saturated heterocycles. The van der Waals surface area contributed by atoms with E-state index in [4.69, 9.17) is 4.74 Å². The fourth-order valence-corrected chi connectivity index (χ4v) is 5.32. The molecule has 6 rings (SSSR count). The fraction of sp³-hybridized carbons (Fsp3) is 0.357. The third-order valence-corrected chi connectivity index (χ3v) is 7.43. The van der Waals surface area contributed by atoms with Crippen molar-refractivity contribution in [1.82, 2.24) is 20.6 Å². The van der Waals surface area contributed by atoms with Crippen LogP contribution in [0.4, 0.5) is 11.4 Å². The summed E-state index contributed by atoms with van der Waals surface area (Å²) in [5, 5.41) is 10.1. The van der Waals surface area contributed by atoms with Crippen molar-refractivity contribution in [2.24, 2.45) is 5.41 Å². The molecule has 1 aromatic carbocycles. The monoisotopic (exact) mass is 467 g/mol. The zero-order valence-corrected chi connectivity index (χ0v) is 20.0. The largest absolute Gasteiger partial charge is 0.494 e. The molecule has 1 saturated carbocycles. The molecule has 35 heavy (non-hydrogen) atoms. The van der Waals surface area contributed by atoms with Crippen LogP contribution >= 0.6 is 0 Å². The molecule has 1 amide bonds. The van der Waals surface area contributed by atoms with Gasteiger partial charge in [0.1, 0.15) is 5.75 Å². The van der Waals surface area contributed by atoms with Gasteiger partial charge in [-0.15, -0.1) is 0 Å². The van der Waals surface area contributed by atoms with Gasteiger partial charge in [0, 0.05) is 43.2 Å². The van der Waals surface area contributed by atoms with Gasteiger partial charge < -0.3 is 25.7 Å². The Hall–Kier alpha value is -3.76. The predicted octanol–water partition coefficient (Wildman–Crippen LogP) is 3.92. The number of benzene rings is 1. The maximum atomic E-state index is 13.0. The van der Waals surface area contributed by atoms with Gasteiger partial charge in [-0.1, -0.05) is 24.0 Å². The number of para-hydroxylation sites is 1. The minimum atomic E-state index is -0.0885. The molecule has 1 spiro atoms. The molecule has 7 heteroatoms. The van der Waals surface area contributed by atoms with Gasteiger partial charge in [-0.05, 0) is 49.3 Å². The highest BCUT2D eigenvalue weighted by atomic mass is 16.5. The van der Waals surface area contributed by atoms with Crippen molar-refractivity contribution in [2.45, 2.75) is 38.6 Å². The normalized spacial score (nSPS) is 19.5. The first-order valence-electron chi connectivity index (χ1n) is 12.2. The molecule has 4 heterocycles. The molecule has 0 bridgehead atoms. The highest BCUT2D eigenvalue weighted by Gasteiger charge is 2.47. The number of carbonyl (C=O) groups excluding carboxylic acids is 1. The fourth-order valence-electron chi connectivity index (χ4n) is 5.32. The lowest BCUT2D eigenvalue weighted by molar-refractivity contribution is 0.0947. The van der Waals surface area contributed by atoms with E-state index in [1.54, 1.807) is 19.5 Å². The van der Waals surface area contributed by atoms with Gasteiger partial charge in [0.15, 0.2) is 0 Å². The van der Waals surface area contributed by atoms with Crippen molar-refractivity contribution in [3.8, 4) is 28.8 Å². The molecule has 2 aliphatic heterocycles. The van der Waals surface area contributed by atoms with Crippen molar-refractivity contribution < 1.29 is 9.53 Å². The average Bonchev–Trinajstić information content (AvgIpc) is 3.34. The molecule has 0 unspecified atom stereocenters. The number of amides is 1. The number of carbonyl (C=O) groups is 1. The quantitative estimate of drug-likeness (QED) is 0.437. The number of nitrogens with one attached hydrogen (secondary N) is 4. The third-order valence-electron chi connectivity index (χ3n) is 7.43. The number of rotatable bonds is 4. The Balaban J connectivity index is 1.44. The number of pyridine rings is 1. The van der Waals surface area contributed by atoms with Crippen molar-refractivity contribution in [3.05, 3.63) is 59.0 Å². The van der Waals surface area contributed by atoms with E-state index >= 15 is 0 Å². The second kappa shape index (κ2) is 8.47. The molecule has 4 N–H and O–H groups in total. The molecule has 3 aromatic rings. The Kier molecular flexibility index (Phi) is 5.27. The van der Waals surface area contributed by atoms with E-state index in [0.717, 1.165) is 64.6 Å². The molecule has 3 aliphatic rings. The van der Waals surface area contributed by atoms with E-state index in [9.17, 15) is 4.79 Å². The van der Waals surface area contributed by atoms with Crippen molar-refractivity contribution in [3.63, 3.8) is 0 Å². The Morgan fingerprint density at radius 3 is 2.94 bits per heavy atom. The Morgan fingerprint density at radius 2 is 2.14 bits per heavy atom. The molecule has 2 fully saturated rings. The van der Waals surface area contributed by atoms with Crippen LogP contribution in [0.1, 0.15) is 46.4 Å². The summed E-state index contributed by atoms with van der Waals surface area (Å²) in [5.74, 6) is 7.48. The molecule has 7 nitrogen and oxygen atoms in total. The van der Waals surface area contributed by atoms with Crippen LogP contribution in [0.3, 0.4) is 0 Å². The van der Waals surface area contributed by atoms with Crippen molar-refractivity contribution in [1.29, 1.82) is 0 Å². The summed E-state index contributed by atoms with van der Waals surface area (Å²) in [6, 6.07) is 8.11. The van der Waals surface area contributed by atoms with Gasteiger partial charge >= 0.3 is 0 Å². The minimum Gasteiger partial charge on any atom is -0.494 e. The first-order valence-corrected chi connectivity index (χ1v) is 12.2. The lowest BCUT2D eigenvalue weighted by Gasteiger charge is -2.17. The van der Waals surface area contributed by atoms with Crippen LogP contribution in [-0.2, 0) is 6.42 Å². The smallest absolute Gasteiger partial charge is 0.255 e. The minimum absolute atomic E-state index is 0.0885. The van der Waals surface area contributed by atoms with Gasteiger partial charge in [-0.2, -0.15) is 0 Å². The Bertz CT molecular complexity index is 1380. The van der Waals surface area contributed by atoms with Gasteiger partial charge in [0.25, 0.3) is 5.91 Å². The number of ether oxygens (including phenoxy) is 1. The zero-order chi connectivity index (χ0) is 24.0. The molecule has 0 radical (unpaired) electrons. The highest BCUT2D eigenvalue weighted by molar-refractivity contribution is 6.06. The van der Waals surface area contributed by atoms with Crippen LogP contribution < -0.4 is 20.7 Å². The van der Waals surface area contributed by atoms with Crippen LogP contribution in [0.15, 0.2) is 36.7 Å². The third kappa shape index (κ3) is 3.94. The molecular weight excluding hydrogens is 438 g/mol. The molecule has 178 valence electrons. The SMILES string of the molecule is COc1c(C)cccc1Nc1c(-c2ccncc2C#C[C@H]2CC3(CC3)CN2)[nH]c2c1C(=O)NCC2. The summed E-state index contributed by atoms with van der Waals surface area (Å²) >= 11 is 0. The Morgan fingerprint density at radius 1 is 1.26 bits per heavy atom. The molecular formula is C28H29N5O2. The number of hydrogen-bond acceptors (Lipinski definition) is 5. The van der Waals surface area contributed by atoms with Crippen LogP contribution in [0.2, 0.25) is 0 Å². The predicted molar refractivity (Wildman–Crippen MR) is 136 cm³/mol. The number of nitrogens with zero attached hydrogens (tertiary/aromatic N) is 1. The van der Waals surface area contributed by atoms with E-state index in [1.165, 1.54) is 12.8 Å². The van der Waals surface area contributed by atoms with E-state index in [0.29, 0.717) is 17.5 Å². The number of H-pyrrole nitrogens is 1. The number of aromatic nitrogens is 2. The standard InChI is InChI=1S/C28H29N5O2/c1-17-4-3-5-22(26(17)35-2)33-25-23-21(9-13-30-27(23)34)32-24(25)20-8-12-29-15-18(20)6-7-19-14-28(10-11-28)16-31-19/h3-5,8,12,15,19,31-33H,9-11,13-14,16H2,1-2H3,(H,30,34)/t19-/m0/s1. The second-order valence-corrected chi connectivity index (χ2v) is 9.84.